The standard InChI is InChI=1S/C31H31N5O5/c1-5-23(37)33-21-13-17-10-11-22-19(12-17)31(18-8-6-7-9-20(18)34-30(31)40-22)26-25(28-32-14-16(4)39-28)36-29(41-26)24(15(2)3)35-27(21)38/h6-12,14-15,21,24,30,34H,5,13H2,1-4H3,(H,33,37)(H,35,38)/t21-,24-,30?,31-/m0/s1. The van der Waals surface area contributed by atoms with Gasteiger partial charge in [0, 0.05) is 24.1 Å². The number of para-hydroxylation sites is 1. The van der Waals surface area contributed by atoms with Gasteiger partial charge in [0.05, 0.1) is 6.20 Å². The molecule has 7 rings (SSSR count). The summed E-state index contributed by atoms with van der Waals surface area (Å²) in [5.41, 5.74) is 3.20. The van der Waals surface area contributed by atoms with Gasteiger partial charge in [0.1, 0.15) is 29.0 Å². The van der Waals surface area contributed by atoms with Gasteiger partial charge in [-0.3, -0.25) is 9.59 Å². The van der Waals surface area contributed by atoms with E-state index in [1.165, 1.54) is 0 Å². The zero-order valence-corrected chi connectivity index (χ0v) is 23.3. The summed E-state index contributed by atoms with van der Waals surface area (Å²) in [6.07, 6.45) is 1.71. The van der Waals surface area contributed by atoms with Crippen LogP contribution in [0.25, 0.3) is 11.6 Å². The van der Waals surface area contributed by atoms with Gasteiger partial charge in [-0.25, -0.2) is 9.97 Å². The second-order valence-corrected chi connectivity index (χ2v) is 11.2. The molecule has 1 spiro atoms. The van der Waals surface area contributed by atoms with Crippen molar-refractivity contribution in [2.45, 2.75) is 64.3 Å². The van der Waals surface area contributed by atoms with Gasteiger partial charge in [0.15, 0.2) is 17.7 Å². The molecule has 210 valence electrons. The molecule has 3 aliphatic rings. The van der Waals surface area contributed by atoms with Crippen molar-refractivity contribution < 1.29 is 23.2 Å². The molecule has 2 aromatic carbocycles. The highest BCUT2D eigenvalue weighted by atomic mass is 16.5. The van der Waals surface area contributed by atoms with Crippen molar-refractivity contribution in [2.24, 2.45) is 5.92 Å². The average molecular weight is 554 g/mol. The number of fused-ring (bicyclic) bond motifs is 4. The van der Waals surface area contributed by atoms with Crippen LogP contribution in [-0.2, 0) is 21.4 Å². The summed E-state index contributed by atoms with van der Waals surface area (Å²) in [6.45, 7) is 7.57. The van der Waals surface area contributed by atoms with Crippen LogP contribution in [0.1, 0.15) is 67.3 Å². The van der Waals surface area contributed by atoms with E-state index < -0.39 is 23.7 Å². The fraction of sp³-hybridized carbons (Fsp3) is 0.355. The molecule has 1 unspecified atom stereocenters. The number of rotatable bonds is 4. The topological polar surface area (TPSA) is 132 Å². The Morgan fingerprint density at radius 2 is 1.98 bits per heavy atom. The van der Waals surface area contributed by atoms with E-state index in [1.54, 1.807) is 13.1 Å². The van der Waals surface area contributed by atoms with Gasteiger partial charge >= 0.3 is 0 Å². The van der Waals surface area contributed by atoms with Gasteiger partial charge in [-0.2, -0.15) is 0 Å². The second kappa shape index (κ2) is 9.22. The number of aryl methyl sites for hydroxylation is 1. The number of oxazole rings is 2. The molecule has 3 N–H and O–H groups in total. The van der Waals surface area contributed by atoms with Crippen molar-refractivity contribution >= 4 is 17.5 Å². The normalized spacial score (nSPS) is 23.9. The summed E-state index contributed by atoms with van der Waals surface area (Å²) in [6, 6.07) is 12.6. The molecule has 0 radical (unpaired) electrons. The summed E-state index contributed by atoms with van der Waals surface area (Å²) < 4.78 is 19.3. The lowest BCUT2D eigenvalue weighted by Crippen LogP contribution is -2.49. The molecule has 0 fully saturated rings. The highest BCUT2D eigenvalue weighted by Gasteiger charge is 2.61. The Balaban J connectivity index is 1.54. The lowest BCUT2D eigenvalue weighted by molar-refractivity contribution is -0.129. The smallest absolute Gasteiger partial charge is 0.249 e. The number of ether oxygens (including phenoxy) is 1. The van der Waals surface area contributed by atoms with Gasteiger partial charge in [0.2, 0.25) is 23.6 Å². The van der Waals surface area contributed by atoms with E-state index >= 15 is 0 Å². The van der Waals surface area contributed by atoms with Gasteiger partial charge in [0.25, 0.3) is 0 Å². The number of carbonyl (C=O) groups excluding carboxylic acids is 2. The number of hydrogen-bond acceptors (Lipinski definition) is 8. The van der Waals surface area contributed by atoms with Crippen LogP contribution in [0.15, 0.2) is 57.5 Å². The predicted octanol–water partition coefficient (Wildman–Crippen LogP) is 4.38. The predicted molar refractivity (Wildman–Crippen MR) is 149 cm³/mol. The Morgan fingerprint density at radius 1 is 1.15 bits per heavy atom. The van der Waals surface area contributed by atoms with E-state index in [2.05, 4.69) is 27.0 Å². The Kier molecular flexibility index (Phi) is 5.71. The lowest BCUT2D eigenvalue weighted by atomic mass is 9.72. The van der Waals surface area contributed by atoms with Crippen LogP contribution in [-0.4, -0.2) is 34.1 Å². The van der Waals surface area contributed by atoms with Crippen molar-refractivity contribution in [2.75, 3.05) is 5.32 Å². The van der Waals surface area contributed by atoms with E-state index in [0.717, 1.165) is 22.4 Å². The van der Waals surface area contributed by atoms with E-state index in [4.69, 9.17) is 18.6 Å². The molecule has 2 aromatic heterocycles. The quantitative estimate of drug-likeness (QED) is 0.339. The number of anilines is 1. The van der Waals surface area contributed by atoms with Crippen LogP contribution in [0, 0.1) is 12.8 Å². The minimum Gasteiger partial charge on any atom is -0.469 e. The van der Waals surface area contributed by atoms with Crippen LogP contribution in [0.5, 0.6) is 5.75 Å². The number of benzene rings is 2. The third kappa shape index (κ3) is 3.77. The first-order chi connectivity index (χ1) is 19.8. The fourth-order valence-corrected chi connectivity index (χ4v) is 6.21. The summed E-state index contributed by atoms with van der Waals surface area (Å²) in [4.78, 5) is 35.7. The summed E-state index contributed by atoms with van der Waals surface area (Å²) in [5.74, 6) is 1.94. The molecule has 10 heteroatoms. The average Bonchev–Trinajstić information content (AvgIpc) is 3.71. The van der Waals surface area contributed by atoms with E-state index in [1.807, 2.05) is 57.2 Å². The molecule has 41 heavy (non-hydrogen) atoms. The minimum absolute atomic E-state index is 0.0782. The Bertz CT molecular complexity index is 1690. The summed E-state index contributed by atoms with van der Waals surface area (Å²) in [5, 5.41) is 9.58. The third-order valence-corrected chi connectivity index (χ3v) is 8.21. The largest absolute Gasteiger partial charge is 0.469 e. The molecule has 4 aromatic rings. The zero-order chi connectivity index (χ0) is 28.5. The maximum Gasteiger partial charge on any atom is 0.249 e. The molecular weight excluding hydrogens is 522 g/mol. The Morgan fingerprint density at radius 3 is 2.73 bits per heavy atom. The highest BCUT2D eigenvalue weighted by Crippen LogP contribution is 2.59. The molecule has 0 saturated carbocycles. The van der Waals surface area contributed by atoms with E-state index in [-0.39, 0.29) is 24.2 Å². The number of nitrogens with zero attached hydrogens (tertiary/aromatic N) is 2. The lowest BCUT2D eigenvalue weighted by Gasteiger charge is -2.28. The molecule has 4 atom stereocenters. The third-order valence-electron chi connectivity index (χ3n) is 8.21. The van der Waals surface area contributed by atoms with Crippen molar-refractivity contribution in [1.29, 1.82) is 0 Å². The van der Waals surface area contributed by atoms with Crippen LogP contribution in [0.2, 0.25) is 0 Å². The first-order valence-corrected chi connectivity index (χ1v) is 14.0. The van der Waals surface area contributed by atoms with Crippen LogP contribution >= 0.6 is 0 Å². The molecule has 5 heterocycles. The number of hydrogen-bond donors (Lipinski definition) is 3. The molecule has 0 aliphatic carbocycles. The molecule has 0 saturated heterocycles. The van der Waals surface area contributed by atoms with Gasteiger partial charge in [-0.1, -0.05) is 51.1 Å². The molecular formula is C31H31N5O5. The second-order valence-electron chi connectivity index (χ2n) is 11.2. The van der Waals surface area contributed by atoms with Crippen LogP contribution < -0.4 is 20.7 Å². The van der Waals surface area contributed by atoms with Gasteiger partial charge < -0.3 is 29.5 Å². The number of amides is 2. The SMILES string of the molecule is CCC(=O)N[C@H]1Cc2ccc3c(c2)[C@@]2(c4ccccc4NC2O3)c2oc(nc2-c2ncc(C)o2)[C@H](C(C)C)NC1=O. The van der Waals surface area contributed by atoms with Crippen molar-refractivity contribution in [3.63, 3.8) is 0 Å². The number of aromatic nitrogens is 2. The van der Waals surface area contributed by atoms with E-state index in [0.29, 0.717) is 41.2 Å². The van der Waals surface area contributed by atoms with Gasteiger partial charge in [-0.15, -0.1) is 0 Å². The molecule has 2 amide bonds. The summed E-state index contributed by atoms with van der Waals surface area (Å²) >= 11 is 0. The molecule has 3 aliphatic heterocycles. The van der Waals surface area contributed by atoms with Gasteiger partial charge in [-0.05, 0) is 36.1 Å². The fourth-order valence-electron chi connectivity index (χ4n) is 6.21. The minimum atomic E-state index is -0.919. The monoisotopic (exact) mass is 553 g/mol. The molecule has 4 bridgehead atoms. The first kappa shape index (κ1) is 25.4. The van der Waals surface area contributed by atoms with Crippen LogP contribution in [0.4, 0.5) is 5.69 Å². The van der Waals surface area contributed by atoms with Crippen molar-refractivity contribution in [1.82, 2.24) is 20.6 Å². The number of carbonyl (C=O) groups is 2. The zero-order valence-electron chi connectivity index (χ0n) is 23.3. The van der Waals surface area contributed by atoms with Crippen molar-refractivity contribution in [3.05, 3.63) is 82.8 Å². The highest BCUT2D eigenvalue weighted by molar-refractivity contribution is 5.88. The summed E-state index contributed by atoms with van der Waals surface area (Å²) in [7, 11) is 0. The Labute approximate surface area is 236 Å². The van der Waals surface area contributed by atoms with E-state index in [9.17, 15) is 9.59 Å². The first-order valence-electron chi connectivity index (χ1n) is 14.0. The van der Waals surface area contributed by atoms with Crippen molar-refractivity contribution in [3.8, 4) is 17.3 Å². The number of nitrogens with one attached hydrogen (secondary N) is 3. The van der Waals surface area contributed by atoms with Crippen LogP contribution in [0.3, 0.4) is 0 Å². The maximum absolute atomic E-state index is 13.7. The maximum atomic E-state index is 13.7. The molecule has 10 nitrogen and oxygen atoms in total. The Hall–Kier alpha value is -4.60.